The summed E-state index contributed by atoms with van der Waals surface area (Å²) in [5.41, 5.74) is 2.40. The zero-order valence-corrected chi connectivity index (χ0v) is 12.6. The van der Waals surface area contributed by atoms with E-state index < -0.39 is 0 Å². The zero-order chi connectivity index (χ0) is 13.9. The van der Waals surface area contributed by atoms with Gasteiger partial charge in [-0.25, -0.2) is 0 Å². The lowest BCUT2D eigenvalue weighted by Crippen LogP contribution is -2.35. The van der Waals surface area contributed by atoms with Crippen LogP contribution in [0, 0.1) is 6.92 Å². The number of piperidine rings is 1. The van der Waals surface area contributed by atoms with Crippen LogP contribution in [0.4, 0.5) is 0 Å². The molecule has 0 bridgehead atoms. The monoisotopic (exact) mass is 285 g/mol. The summed E-state index contributed by atoms with van der Waals surface area (Å²) in [6, 6.07) is 12.4. The van der Waals surface area contributed by atoms with Crippen molar-refractivity contribution in [3.8, 4) is 10.4 Å². The van der Waals surface area contributed by atoms with Crippen LogP contribution in [-0.2, 0) is 0 Å². The number of carbonyl (C=O) groups excluding carboxylic acids is 1. The molecule has 1 aromatic heterocycles. The number of hydrogen-bond acceptors (Lipinski definition) is 2. The molecule has 3 rings (SSSR count). The lowest BCUT2D eigenvalue weighted by Gasteiger charge is -2.26. The van der Waals surface area contributed by atoms with Gasteiger partial charge in [0.15, 0.2) is 0 Å². The van der Waals surface area contributed by atoms with Crippen LogP contribution in [0.25, 0.3) is 10.4 Å². The average molecular weight is 285 g/mol. The summed E-state index contributed by atoms with van der Waals surface area (Å²) in [5, 5.41) is 0. The van der Waals surface area contributed by atoms with Crippen LogP contribution >= 0.6 is 11.3 Å². The van der Waals surface area contributed by atoms with Crippen molar-refractivity contribution in [2.75, 3.05) is 13.1 Å². The van der Waals surface area contributed by atoms with Crippen molar-refractivity contribution in [1.29, 1.82) is 0 Å². The number of amides is 1. The predicted octanol–water partition coefficient (Wildman–Crippen LogP) is 4.35. The van der Waals surface area contributed by atoms with Crippen LogP contribution in [-0.4, -0.2) is 23.9 Å². The highest BCUT2D eigenvalue weighted by Gasteiger charge is 2.21. The molecule has 2 nitrogen and oxygen atoms in total. The summed E-state index contributed by atoms with van der Waals surface area (Å²) in [7, 11) is 0. The van der Waals surface area contributed by atoms with Crippen molar-refractivity contribution in [3.05, 3.63) is 46.8 Å². The lowest BCUT2D eigenvalue weighted by atomic mass is 10.1. The quantitative estimate of drug-likeness (QED) is 0.803. The van der Waals surface area contributed by atoms with Gasteiger partial charge in [-0.3, -0.25) is 4.79 Å². The minimum atomic E-state index is 0.208. The Hall–Kier alpha value is -1.61. The summed E-state index contributed by atoms with van der Waals surface area (Å²) in [5.74, 6) is 0.208. The van der Waals surface area contributed by atoms with Gasteiger partial charge in [-0.15, -0.1) is 11.3 Å². The molecule has 1 fully saturated rings. The van der Waals surface area contributed by atoms with E-state index in [1.165, 1.54) is 22.4 Å². The van der Waals surface area contributed by atoms with E-state index in [4.69, 9.17) is 0 Å². The minimum absolute atomic E-state index is 0.208. The van der Waals surface area contributed by atoms with Gasteiger partial charge in [0.1, 0.15) is 0 Å². The van der Waals surface area contributed by atoms with Gasteiger partial charge in [-0.2, -0.15) is 0 Å². The molecule has 0 saturated carbocycles. The number of benzene rings is 1. The van der Waals surface area contributed by atoms with Crippen molar-refractivity contribution in [2.45, 2.75) is 26.2 Å². The van der Waals surface area contributed by atoms with Crippen LogP contribution < -0.4 is 0 Å². The summed E-state index contributed by atoms with van der Waals surface area (Å²) in [6.45, 7) is 3.92. The minimum Gasteiger partial charge on any atom is -0.338 e. The van der Waals surface area contributed by atoms with Gasteiger partial charge in [0.05, 0.1) is 4.88 Å². The van der Waals surface area contributed by atoms with Crippen molar-refractivity contribution in [1.82, 2.24) is 4.90 Å². The number of rotatable bonds is 2. The lowest BCUT2D eigenvalue weighted by molar-refractivity contribution is 0.0729. The molecule has 0 N–H and O–H groups in total. The Morgan fingerprint density at radius 2 is 1.80 bits per heavy atom. The first-order valence-electron chi connectivity index (χ1n) is 7.21. The SMILES string of the molecule is Cc1cc(C(=O)N2CCCCC2)sc1-c1ccccc1. The molecule has 2 aromatic rings. The van der Waals surface area contributed by atoms with Crippen molar-refractivity contribution < 1.29 is 4.79 Å². The summed E-state index contributed by atoms with van der Waals surface area (Å²) in [4.78, 5) is 16.6. The third-order valence-electron chi connectivity index (χ3n) is 3.81. The normalized spacial score (nSPS) is 15.3. The van der Waals surface area contributed by atoms with Gasteiger partial charge in [-0.05, 0) is 43.4 Å². The van der Waals surface area contributed by atoms with Crippen molar-refractivity contribution in [2.24, 2.45) is 0 Å². The van der Waals surface area contributed by atoms with Gasteiger partial charge in [0, 0.05) is 18.0 Å². The molecule has 0 atom stereocenters. The Morgan fingerprint density at radius 1 is 1.10 bits per heavy atom. The van der Waals surface area contributed by atoms with E-state index in [-0.39, 0.29) is 5.91 Å². The Labute approximate surface area is 124 Å². The third-order valence-corrected chi connectivity index (χ3v) is 5.08. The van der Waals surface area contributed by atoms with E-state index in [0.29, 0.717) is 0 Å². The molecule has 2 heterocycles. The predicted molar refractivity (Wildman–Crippen MR) is 84.2 cm³/mol. The van der Waals surface area contributed by atoms with Crippen molar-refractivity contribution in [3.63, 3.8) is 0 Å². The molecular weight excluding hydrogens is 266 g/mol. The van der Waals surface area contributed by atoms with Crippen LogP contribution in [0.2, 0.25) is 0 Å². The number of thiophene rings is 1. The standard InChI is InChI=1S/C17H19NOS/c1-13-12-15(17(19)18-10-6-3-7-11-18)20-16(13)14-8-4-2-5-9-14/h2,4-5,8-9,12H,3,6-7,10-11H2,1H3. The first kappa shape index (κ1) is 13.4. The van der Waals surface area contributed by atoms with Crippen molar-refractivity contribution >= 4 is 17.2 Å². The second-order valence-electron chi connectivity index (χ2n) is 5.34. The maximum Gasteiger partial charge on any atom is 0.263 e. The summed E-state index contributed by atoms with van der Waals surface area (Å²) in [6.07, 6.45) is 3.53. The van der Waals surface area contributed by atoms with Crippen LogP contribution in [0.1, 0.15) is 34.5 Å². The highest BCUT2D eigenvalue weighted by Crippen LogP contribution is 2.33. The van der Waals surface area contributed by atoms with E-state index in [2.05, 4.69) is 19.1 Å². The molecule has 1 amide bonds. The second kappa shape index (κ2) is 5.80. The topological polar surface area (TPSA) is 20.3 Å². The molecule has 1 aliphatic heterocycles. The van der Waals surface area contributed by atoms with E-state index in [1.807, 2.05) is 29.2 Å². The van der Waals surface area contributed by atoms with Gasteiger partial charge in [0.2, 0.25) is 0 Å². The molecule has 0 spiro atoms. The highest BCUT2D eigenvalue weighted by atomic mass is 32.1. The first-order chi connectivity index (χ1) is 9.75. The maximum absolute atomic E-state index is 12.5. The number of hydrogen-bond donors (Lipinski definition) is 0. The summed E-state index contributed by atoms with van der Waals surface area (Å²) < 4.78 is 0. The zero-order valence-electron chi connectivity index (χ0n) is 11.8. The molecule has 0 radical (unpaired) electrons. The van der Waals surface area contributed by atoms with Crippen LogP contribution in [0.3, 0.4) is 0 Å². The third kappa shape index (κ3) is 2.63. The molecule has 3 heteroatoms. The maximum atomic E-state index is 12.5. The number of carbonyl (C=O) groups is 1. The Kier molecular flexibility index (Phi) is 3.88. The van der Waals surface area contributed by atoms with Crippen LogP contribution in [0.15, 0.2) is 36.4 Å². The molecule has 1 aliphatic rings. The van der Waals surface area contributed by atoms with E-state index in [9.17, 15) is 4.79 Å². The average Bonchev–Trinajstić information content (AvgIpc) is 2.90. The molecule has 1 saturated heterocycles. The molecule has 1 aromatic carbocycles. The first-order valence-corrected chi connectivity index (χ1v) is 8.02. The van der Waals surface area contributed by atoms with E-state index in [1.54, 1.807) is 11.3 Å². The molecular formula is C17H19NOS. The molecule has 20 heavy (non-hydrogen) atoms. The number of aryl methyl sites for hydroxylation is 1. The largest absolute Gasteiger partial charge is 0.338 e. The van der Waals surface area contributed by atoms with E-state index >= 15 is 0 Å². The molecule has 0 unspecified atom stereocenters. The van der Waals surface area contributed by atoms with Crippen LogP contribution in [0.5, 0.6) is 0 Å². The molecule has 104 valence electrons. The fourth-order valence-electron chi connectivity index (χ4n) is 2.72. The number of nitrogens with zero attached hydrogens (tertiary/aromatic N) is 1. The Bertz CT molecular complexity index is 597. The Balaban J connectivity index is 1.87. The number of likely N-dealkylation sites (tertiary alicyclic amines) is 1. The smallest absolute Gasteiger partial charge is 0.263 e. The van der Waals surface area contributed by atoms with Gasteiger partial charge in [0.25, 0.3) is 5.91 Å². The van der Waals surface area contributed by atoms with Gasteiger partial charge in [-0.1, -0.05) is 30.3 Å². The Morgan fingerprint density at radius 3 is 2.50 bits per heavy atom. The molecule has 0 aliphatic carbocycles. The fraction of sp³-hybridized carbons (Fsp3) is 0.353. The second-order valence-corrected chi connectivity index (χ2v) is 6.39. The van der Waals surface area contributed by atoms with Gasteiger partial charge < -0.3 is 4.90 Å². The van der Waals surface area contributed by atoms with Gasteiger partial charge >= 0.3 is 0 Å². The fourth-order valence-corrected chi connectivity index (χ4v) is 3.86. The van der Waals surface area contributed by atoms with E-state index in [0.717, 1.165) is 30.8 Å². The highest BCUT2D eigenvalue weighted by molar-refractivity contribution is 7.17. The summed E-state index contributed by atoms with van der Waals surface area (Å²) >= 11 is 1.62.